The third-order valence-electron chi connectivity index (χ3n) is 3.47. The lowest BCUT2D eigenvalue weighted by Gasteiger charge is -2.21. The van der Waals surface area contributed by atoms with Crippen molar-refractivity contribution >= 4 is 17.6 Å². The molecule has 2 rings (SSSR count). The molecule has 5 nitrogen and oxygen atoms in total. The van der Waals surface area contributed by atoms with Crippen molar-refractivity contribution in [3.63, 3.8) is 0 Å². The first-order valence-electron chi connectivity index (χ1n) is 6.45. The predicted octanol–water partition coefficient (Wildman–Crippen LogP) is 2.61. The minimum atomic E-state index is -1.17. The average molecular weight is 263 g/mol. The Labute approximate surface area is 111 Å². The summed E-state index contributed by atoms with van der Waals surface area (Å²) in [5.74, 6) is -1.47. The van der Waals surface area contributed by atoms with Gasteiger partial charge in [0.15, 0.2) is 0 Å². The zero-order valence-corrected chi connectivity index (χ0v) is 10.6. The number of carbonyl (C=O) groups excluding carboxylic acids is 1. The molecule has 1 saturated carbocycles. The average Bonchev–Trinajstić information content (AvgIpc) is 2.41. The van der Waals surface area contributed by atoms with Crippen molar-refractivity contribution in [1.82, 2.24) is 0 Å². The Hall–Kier alpha value is -2.04. The SMILES string of the molecule is O=C(O)c1cc(O)ccc1NC(=O)C1CCCCC1. The van der Waals surface area contributed by atoms with E-state index in [1.165, 1.54) is 12.1 Å². The van der Waals surface area contributed by atoms with Crippen LogP contribution >= 0.6 is 0 Å². The Kier molecular flexibility index (Phi) is 4.04. The van der Waals surface area contributed by atoms with Crippen LogP contribution in [-0.2, 0) is 4.79 Å². The second-order valence-corrected chi connectivity index (χ2v) is 4.86. The van der Waals surface area contributed by atoms with Gasteiger partial charge in [-0.25, -0.2) is 4.79 Å². The summed E-state index contributed by atoms with van der Waals surface area (Å²) in [7, 11) is 0. The van der Waals surface area contributed by atoms with Gasteiger partial charge >= 0.3 is 5.97 Å². The summed E-state index contributed by atoms with van der Waals surface area (Å²) in [6.45, 7) is 0. The lowest BCUT2D eigenvalue weighted by Crippen LogP contribution is -2.25. The first-order chi connectivity index (χ1) is 9.08. The number of phenols is 1. The maximum Gasteiger partial charge on any atom is 0.337 e. The molecule has 0 bridgehead atoms. The van der Waals surface area contributed by atoms with Gasteiger partial charge in [0.2, 0.25) is 5.91 Å². The van der Waals surface area contributed by atoms with Crippen molar-refractivity contribution in [3.8, 4) is 5.75 Å². The van der Waals surface area contributed by atoms with Gasteiger partial charge in [0.1, 0.15) is 5.75 Å². The second kappa shape index (κ2) is 5.73. The number of carboxylic acid groups (broad SMARTS) is 1. The van der Waals surface area contributed by atoms with Gasteiger partial charge < -0.3 is 15.5 Å². The summed E-state index contributed by atoms with van der Waals surface area (Å²) in [6, 6.07) is 3.92. The maximum atomic E-state index is 12.1. The minimum absolute atomic E-state index is 0.0378. The lowest BCUT2D eigenvalue weighted by atomic mass is 9.88. The third-order valence-corrected chi connectivity index (χ3v) is 3.47. The third kappa shape index (κ3) is 3.24. The summed E-state index contributed by atoms with van der Waals surface area (Å²) in [4.78, 5) is 23.1. The molecule has 0 unspecified atom stereocenters. The summed E-state index contributed by atoms with van der Waals surface area (Å²) in [5, 5.41) is 21.0. The van der Waals surface area contributed by atoms with Crippen LogP contribution in [0.1, 0.15) is 42.5 Å². The largest absolute Gasteiger partial charge is 0.508 e. The first kappa shape index (κ1) is 13.4. The van der Waals surface area contributed by atoms with E-state index in [0.29, 0.717) is 0 Å². The van der Waals surface area contributed by atoms with Gasteiger partial charge in [-0.05, 0) is 31.0 Å². The molecule has 5 heteroatoms. The molecule has 0 saturated heterocycles. The van der Waals surface area contributed by atoms with Gasteiger partial charge in [0.25, 0.3) is 0 Å². The van der Waals surface area contributed by atoms with Gasteiger partial charge in [-0.1, -0.05) is 19.3 Å². The fourth-order valence-corrected chi connectivity index (χ4v) is 2.42. The number of hydrogen-bond acceptors (Lipinski definition) is 3. The minimum Gasteiger partial charge on any atom is -0.508 e. The van der Waals surface area contributed by atoms with Crippen LogP contribution in [0, 0.1) is 5.92 Å². The molecular formula is C14H17NO4. The van der Waals surface area contributed by atoms with E-state index in [4.69, 9.17) is 5.11 Å². The van der Waals surface area contributed by atoms with E-state index >= 15 is 0 Å². The van der Waals surface area contributed by atoms with Crippen LogP contribution in [0.3, 0.4) is 0 Å². The molecule has 19 heavy (non-hydrogen) atoms. The highest BCUT2D eigenvalue weighted by molar-refractivity contribution is 6.01. The van der Waals surface area contributed by atoms with Crippen molar-refractivity contribution in [2.45, 2.75) is 32.1 Å². The molecule has 1 aliphatic rings. The lowest BCUT2D eigenvalue weighted by molar-refractivity contribution is -0.120. The normalized spacial score (nSPS) is 16.0. The molecule has 1 aromatic carbocycles. The number of aromatic hydroxyl groups is 1. The number of rotatable bonds is 3. The predicted molar refractivity (Wildman–Crippen MR) is 70.3 cm³/mol. The van der Waals surface area contributed by atoms with E-state index in [1.807, 2.05) is 0 Å². The Morgan fingerprint density at radius 2 is 1.84 bits per heavy atom. The fraction of sp³-hybridized carbons (Fsp3) is 0.429. The zero-order valence-electron chi connectivity index (χ0n) is 10.6. The van der Waals surface area contributed by atoms with Crippen LogP contribution in [-0.4, -0.2) is 22.1 Å². The van der Waals surface area contributed by atoms with Gasteiger partial charge in [0.05, 0.1) is 11.3 Å². The monoisotopic (exact) mass is 263 g/mol. The number of phenolic OH excluding ortho intramolecular Hbond substituents is 1. The number of benzene rings is 1. The Morgan fingerprint density at radius 3 is 2.47 bits per heavy atom. The highest BCUT2D eigenvalue weighted by Crippen LogP contribution is 2.27. The molecule has 0 aliphatic heterocycles. The van der Waals surface area contributed by atoms with Crippen LogP contribution in [0.5, 0.6) is 5.75 Å². The Morgan fingerprint density at radius 1 is 1.16 bits per heavy atom. The quantitative estimate of drug-likeness (QED) is 0.731. The molecule has 1 aromatic rings. The highest BCUT2D eigenvalue weighted by atomic mass is 16.4. The number of amides is 1. The Bertz CT molecular complexity index is 492. The number of nitrogens with one attached hydrogen (secondary N) is 1. The van der Waals surface area contributed by atoms with Crippen LogP contribution < -0.4 is 5.32 Å². The molecule has 1 aliphatic carbocycles. The van der Waals surface area contributed by atoms with Crippen molar-refractivity contribution < 1.29 is 19.8 Å². The van der Waals surface area contributed by atoms with Gasteiger partial charge in [-0.2, -0.15) is 0 Å². The number of carboxylic acids is 1. The molecule has 3 N–H and O–H groups in total. The molecule has 0 heterocycles. The van der Waals surface area contributed by atoms with E-state index < -0.39 is 5.97 Å². The van der Waals surface area contributed by atoms with Crippen molar-refractivity contribution in [2.75, 3.05) is 5.32 Å². The second-order valence-electron chi connectivity index (χ2n) is 4.86. The first-order valence-corrected chi connectivity index (χ1v) is 6.45. The smallest absolute Gasteiger partial charge is 0.337 e. The highest BCUT2D eigenvalue weighted by Gasteiger charge is 2.22. The molecule has 0 aromatic heterocycles. The van der Waals surface area contributed by atoms with E-state index in [2.05, 4.69) is 5.32 Å². The number of aromatic carboxylic acids is 1. The van der Waals surface area contributed by atoms with E-state index in [-0.39, 0.29) is 28.8 Å². The van der Waals surface area contributed by atoms with Crippen molar-refractivity contribution in [3.05, 3.63) is 23.8 Å². The summed E-state index contributed by atoms with van der Waals surface area (Å²) < 4.78 is 0. The molecular weight excluding hydrogens is 246 g/mol. The fourth-order valence-electron chi connectivity index (χ4n) is 2.42. The standard InChI is InChI=1S/C14H17NO4/c16-10-6-7-12(11(8-10)14(18)19)15-13(17)9-4-2-1-3-5-9/h6-9,16H,1-5H2,(H,15,17)(H,18,19). The number of carbonyl (C=O) groups is 2. The van der Waals surface area contributed by atoms with E-state index in [0.717, 1.165) is 38.2 Å². The van der Waals surface area contributed by atoms with Crippen LogP contribution in [0.15, 0.2) is 18.2 Å². The molecule has 0 atom stereocenters. The van der Waals surface area contributed by atoms with Gasteiger partial charge in [-0.15, -0.1) is 0 Å². The van der Waals surface area contributed by atoms with Crippen molar-refractivity contribution in [2.24, 2.45) is 5.92 Å². The van der Waals surface area contributed by atoms with Gasteiger partial charge in [0, 0.05) is 5.92 Å². The summed E-state index contributed by atoms with van der Waals surface area (Å²) in [6.07, 6.45) is 4.95. The van der Waals surface area contributed by atoms with E-state index in [1.54, 1.807) is 0 Å². The molecule has 1 fully saturated rings. The van der Waals surface area contributed by atoms with Crippen LogP contribution in [0.2, 0.25) is 0 Å². The topological polar surface area (TPSA) is 86.6 Å². The van der Waals surface area contributed by atoms with Crippen molar-refractivity contribution in [1.29, 1.82) is 0 Å². The van der Waals surface area contributed by atoms with Crippen LogP contribution in [0.25, 0.3) is 0 Å². The summed E-state index contributed by atoms with van der Waals surface area (Å²) >= 11 is 0. The Balaban J connectivity index is 2.13. The molecule has 102 valence electrons. The summed E-state index contributed by atoms with van der Waals surface area (Å²) in [5.41, 5.74) is 0.144. The zero-order chi connectivity index (χ0) is 13.8. The molecule has 0 radical (unpaired) electrons. The van der Waals surface area contributed by atoms with Crippen LogP contribution in [0.4, 0.5) is 5.69 Å². The maximum absolute atomic E-state index is 12.1. The molecule has 1 amide bonds. The number of hydrogen-bond donors (Lipinski definition) is 3. The number of anilines is 1. The van der Waals surface area contributed by atoms with Gasteiger partial charge in [-0.3, -0.25) is 4.79 Å². The van der Waals surface area contributed by atoms with E-state index in [9.17, 15) is 14.7 Å². The molecule has 0 spiro atoms.